The van der Waals surface area contributed by atoms with Gasteiger partial charge in [0.05, 0.1) is 17.0 Å². The number of nitrogens with one attached hydrogen (secondary N) is 2. The van der Waals surface area contributed by atoms with Crippen LogP contribution in [0.3, 0.4) is 0 Å². The predicted molar refractivity (Wildman–Crippen MR) is 110 cm³/mol. The fourth-order valence-electron chi connectivity index (χ4n) is 2.52. The Kier molecular flexibility index (Phi) is 7.35. The van der Waals surface area contributed by atoms with Crippen LogP contribution in [-0.2, 0) is 15.8 Å². The molecule has 0 radical (unpaired) electrons. The maximum atomic E-state index is 13.0. The molecule has 0 fully saturated rings. The molecule has 2 rings (SSSR count). The third-order valence-electron chi connectivity index (χ3n) is 3.69. The Morgan fingerprint density at radius 2 is 1.62 bits per heavy atom. The molecule has 0 spiro atoms. The van der Waals surface area contributed by atoms with Gasteiger partial charge in [-0.2, -0.15) is 13.2 Å². The largest absolute Gasteiger partial charge is 0.418 e. The summed E-state index contributed by atoms with van der Waals surface area (Å²) in [6.07, 6.45) is -4.18. The summed E-state index contributed by atoms with van der Waals surface area (Å²) in [5, 5.41) is 5.12. The maximum Gasteiger partial charge on any atom is 0.418 e. The van der Waals surface area contributed by atoms with Crippen LogP contribution in [0.25, 0.3) is 0 Å². The van der Waals surface area contributed by atoms with Gasteiger partial charge in [0.25, 0.3) is 0 Å². The number of alkyl halides is 3. The van der Waals surface area contributed by atoms with Gasteiger partial charge in [0.1, 0.15) is 0 Å². The average Bonchev–Trinajstić information content (AvgIpc) is 2.58. The van der Waals surface area contributed by atoms with Crippen LogP contribution in [0.4, 0.5) is 24.5 Å². The Morgan fingerprint density at radius 3 is 2.28 bits per heavy atom. The van der Waals surface area contributed by atoms with Crippen molar-refractivity contribution in [3.05, 3.63) is 54.1 Å². The maximum absolute atomic E-state index is 13.0. The highest BCUT2D eigenvalue weighted by molar-refractivity contribution is 8.00. The summed E-state index contributed by atoms with van der Waals surface area (Å²) < 4.78 is 39.0. The van der Waals surface area contributed by atoms with Crippen molar-refractivity contribution in [1.82, 2.24) is 0 Å². The van der Waals surface area contributed by atoms with E-state index in [2.05, 4.69) is 10.6 Å². The van der Waals surface area contributed by atoms with Crippen molar-refractivity contribution in [2.75, 3.05) is 16.4 Å². The van der Waals surface area contributed by atoms with Crippen LogP contribution >= 0.6 is 11.8 Å². The van der Waals surface area contributed by atoms with Gasteiger partial charge in [-0.1, -0.05) is 39.0 Å². The van der Waals surface area contributed by atoms with Crippen molar-refractivity contribution < 1.29 is 22.8 Å². The minimum absolute atomic E-state index is 0.0639. The number of rotatable bonds is 6. The van der Waals surface area contributed by atoms with E-state index >= 15 is 0 Å². The van der Waals surface area contributed by atoms with Crippen molar-refractivity contribution in [2.45, 2.75) is 38.3 Å². The second-order valence-corrected chi connectivity index (χ2v) is 8.74. The van der Waals surface area contributed by atoms with E-state index in [1.54, 1.807) is 24.3 Å². The molecule has 0 aliphatic heterocycles. The number of carbonyl (C=O) groups is 2. The van der Waals surface area contributed by atoms with Crippen molar-refractivity contribution in [1.29, 1.82) is 0 Å². The van der Waals surface area contributed by atoms with Crippen molar-refractivity contribution in [3.8, 4) is 0 Å². The molecule has 0 atom stereocenters. The minimum Gasteiger partial charge on any atom is -0.326 e. The molecule has 29 heavy (non-hydrogen) atoms. The molecule has 2 amide bonds. The molecule has 0 aromatic heterocycles. The zero-order chi connectivity index (χ0) is 21.7. The Balaban J connectivity index is 1.95. The average molecular weight is 424 g/mol. The normalized spacial score (nSPS) is 11.8. The van der Waals surface area contributed by atoms with Crippen LogP contribution < -0.4 is 10.6 Å². The molecule has 0 aliphatic carbocycles. The summed E-state index contributed by atoms with van der Waals surface area (Å²) in [5.74, 6) is -0.721. The molecule has 0 bridgehead atoms. The number of hydrogen-bond donors (Lipinski definition) is 2. The first-order valence-electron chi connectivity index (χ1n) is 8.93. The van der Waals surface area contributed by atoms with Crippen molar-refractivity contribution in [3.63, 3.8) is 0 Å². The summed E-state index contributed by atoms with van der Waals surface area (Å²) >= 11 is 1.17. The van der Waals surface area contributed by atoms with Gasteiger partial charge in [0, 0.05) is 17.0 Å². The Labute approximate surface area is 172 Å². The summed E-state index contributed by atoms with van der Waals surface area (Å²) in [6, 6.07) is 11.8. The van der Waals surface area contributed by atoms with E-state index in [1.807, 2.05) is 20.8 Å². The molecule has 2 N–H and O–H groups in total. The van der Waals surface area contributed by atoms with E-state index in [4.69, 9.17) is 0 Å². The SMILES string of the molecule is CC(C)(C)CC(=O)Nc1cccc(SCC(=O)Nc2ccccc2C(F)(F)F)c1. The van der Waals surface area contributed by atoms with Gasteiger partial charge >= 0.3 is 6.18 Å². The number of para-hydroxylation sites is 1. The van der Waals surface area contributed by atoms with Gasteiger partial charge in [0.15, 0.2) is 0 Å². The molecule has 2 aromatic rings. The van der Waals surface area contributed by atoms with Gasteiger partial charge in [-0.3, -0.25) is 9.59 Å². The molecule has 156 valence electrons. The zero-order valence-corrected chi connectivity index (χ0v) is 17.2. The molecule has 0 saturated heterocycles. The van der Waals surface area contributed by atoms with E-state index in [9.17, 15) is 22.8 Å². The van der Waals surface area contributed by atoms with E-state index in [-0.39, 0.29) is 22.8 Å². The first-order chi connectivity index (χ1) is 13.4. The first kappa shape index (κ1) is 22.8. The molecular formula is C21H23F3N2O2S. The summed E-state index contributed by atoms with van der Waals surface area (Å²) in [4.78, 5) is 24.9. The van der Waals surface area contributed by atoms with Gasteiger partial charge in [-0.25, -0.2) is 0 Å². The molecule has 2 aromatic carbocycles. The third-order valence-corrected chi connectivity index (χ3v) is 4.68. The number of thioether (sulfide) groups is 1. The fourth-order valence-corrected chi connectivity index (χ4v) is 3.28. The van der Waals surface area contributed by atoms with Crippen LogP contribution in [0.5, 0.6) is 0 Å². The fraction of sp³-hybridized carbons (Fsp3) is 0.333. The number of amides is 2. The molecule has 8 heteroatoms. The summed E-state index contributed by atoms with van der Waals surface area (Å²) in [6.45, 7) is 5.90. The highest BCUT2D eigenvalue weighted by atomic mass is 32.2. The Morgan fingerprint density at radius 1 is 0.931 bits per heavy atom. The van der Waals surface area contributed by atoms with Gasteiger partial charge < -0.3 is 10.6 Å². The molecule has 0 heterocycles. The predicted octanol–water partition coefficient (Wildman–Crippen LogP) is 5.81. The third kappa shape index (κ3) is 7.81. The van der Waals surface area contributed by atoms with E-state index in [0.717, 1.165) is 11.0 Å². The van der Waals surface area contributed by atoms with Crippen LogP contribution in [0, 0.1) is 5.41 Å². The van der Waals surface area contributed by atoms with E-state index in [0.29, 0.717) is 12.1 Å². The monoisotopic (exact) mass is 424 g/mol. The summed E-state index contributed by atoms with van der Waals surface area (Å²) in [5.41, 5.74) is -0.691. The number of carbonyl (C=O) groups excluding carboxylic acids is 2. The van der Waals surface area contributed by atoms with Crippen LogP contribution in [0.2, 0.25) is 0 Å². The topological polar surface area (TPSA) is 58.2 Å². The van der Waals surface area contributed by atoms with Gasteiger partial charge in [-0.05, 0) is 35.7 Å². The summed E-state index contributed by atoms with van der Waals surface area (Å²) in [7, 11) is 0. The van der Waals surface area contributed by atoms with E-state index < -0.39 is 17.6 Å². The molecule has 0 unspecified atom stereocenters. The van der Waals surface area contributed by atoms with Crippen LogP contribution in [0.15, 0.2) is 53.4 Å². The Bertz CT molecular complexity index is 877. The quantitative estimate of drug-likeness (QED) is 0.575. The molecule has 4 nitrogen and oxygen atoms in total. The van der Waals surface area contributed by atoms with Crippen molar-refractivity contribution in [2.24, 2.45) is 5.41 Å². The minimum atomic E-state index is -4.55. The smallest absolute Gasteiger partial charge is 0.326 e. The first-order valence-corrected chi connectivity index (χ1v) is 9.91. The molecule has 0 saturated carbocycles. The lowest BCUT2D eigenvalue weighted by atomic mass is 9.92. The number of hydrogen-bond acceptors (Lipinski definition) is 3. The number of benzene rings is 2. The molecule has 0 aliphatic rings. The zero-order valence-electron chi connectivity index (χ0n) is 16.4. The Hall–Kier alpha value is -2.48. The number of halogens is 3. The standard InChI is InChI=1S/C21H23F3N2O2S/c1-20(2,3)12-18(27)25-14-7-6-8-15(11-14)29-13-19(28)26-17-10-5-4-9-16(17)21(22,23)24/h4-11H,12-13H2,1-3H3,(H,25,27)(H,26,28). The molecular weight excluding hydrogens is 401 g/mol. The number of anilines is 2. The van der Waals surface area contributed by atoms with E-state index in [1.165, 1.54) is 30.0 Å². The van der Waals surface area contributed by atoms with Crippen LogP contribution in [0.1, 0.15) is 32.8 Å². The second-order valence-electron chi connectivity index (χ2n) is 7.69. The lowest BCUT2D eigenvalue weighted by Gasteiger charge is -2.17. The van der Waals surface area contributed by atoms with Gasteiger partial charge in [-0.15, -0.1) is 11.8 Å². The second kappa shape index (κ2) is 9.35. The van der Waals surface area contributed by atoms with Gasteiger partial charge in [0.2, 0.25) is 11.8 Å². The van der Waals surface area contributed by atoms with Crippen molar-refractivity contribution >= 4 is 35.0 Å². The van der Waals surface area contributed by atoms with Crippen LogP contribution in [-0.4, -0.2) is 17.6 Å². The highest BCUT2D eigenvalue weighted by Crippen LogP contribution is 2.34. The highest BCUT2D eigenvalue weighted by Gasteiger charge is 2.33. The lowest BCUT2D eigenvalue weighted by Crippen LogP contribution is -2.19. The lowest BCUT2D eigenvalue weighted by molar-refractivity contribution is -0.137.